The molecule has 0 N–H and O–H groups in total. The molecule has 0 aromatic heterocycles. The van der Waals surface area contributed by atoms with Crippen molar-refractivity contribution in [3.8, 4) is 0 Å². The molecule has 0 aliphatic heterocycles. The van der Waals surface area contributed by atoms with E-state index in [0.717, 1.165) is 122 Å². The van der Waals surface area contributed by atoms with Gasteiger partial charge in [0.15, 0.2) is 6.10 Å². The molecule has 0 aromatic carbocycles. The Morgan fingerprint density at radius 3 is 1.10 bits per heavy atom. The van der Waals surface area contributed by atoms with Crippen molar-refractivity contribution in [2.45, 2.75) is 219 Å². The molecule has 346 valence electrons. The van der Waals surface area contributed by atoms with E-state index in [-0.39, 0.29) is 31.1 Å². The van der Waals surface area contributed by atoms with Crippen molar-refractivity contribution in [2.75, 3.05) is 13.2 Å². The summed E-state index contributed by atoms with van der Waals surface area (Å²) in [5.74, 6) is -0.952. The molecule has 0 amide bonds. The van der Waals surface area contributed by atoms with Gasteiger partial charge in [-0.1, -0.05) is 208 Å². The van der Waals surface area contributed by atoms with Gasteiger partial charge in [0.05, 0.1) is 0 Å². The average molecular weight is 847 g/mol. The molecule has 1 unspecified atom stereocenters. The molecule has 0 saturated carbocycles. The number of hydrogen-bond acceptors (Lipinski definition) is 6. The van der Waals surface area contributed by atoms with Crippen LogP contribution in [0.15, 0.2) is 97.2 Å². The smallest absolute Gasteiger partial charge is 0.306 e. The van der Waals surface area contributed by atoms with Gasteiger partial charge in [-0.05, 0) is 83.5 Å². The zero-order valence-corrected chi connectivity index (χ0v) is 39.4. The van der Waals surface area contributed by atoms with E-state index in [0.29, 0.717) is 19.3 Å². The highest BCUT2D eigenvalue weighted by Gasteiger charge is 2.19. The van der Waals surface area contributed by atoms with Crippen LogP contribution in [0.4, 0.5) is 0 Å². The molecule has 61 heavy (non-hydrogen) atoms. The highest BCUT2D eigenvalue weighted by atomic mass is 16.6. The predicted octanol–water partition coefficient (Wildman–Crippen LogP) is 16.2. The van der Waals surface area contributed by atoms with Crippen molar-refractivity contribution in [1.29, 1.82) is 0 Å². The Hall–Kier alpha value is -3.67. The van der Waals surface area contributed by atoms with Crippen molar-refractivity contribution in [3.63, 3.8) is 0 Å². The summed E-state index contributed by atoms with van der Waals surface area (Å²) < 4.78 is 16.7. The maximum Gasteiger partial charge on any atom is 0.306 e. The number of unbranched alkanes of at least 4 members (excludes halogenated alkanes) is 21. The lowest BCUT2D eigenvalue weighted by Gasteiger charge is -2.18. The highest BCUT2D eigenvalue weighted by molar-refractivity contribution is 5.71. The molecule has 0 radical (unpaired) electrons. The molecule has 6 heteroatoms. The molecule has 0 fully saturated rings. The van der Waals surface area contributed by atoms with Gasteiger partial charge in [-0.25, -0.2) is 0 Å². The Labute approximate surface area is 375 Å². The zero-order chi connectivity index (χ0) is 44.4. The number of carbonyl (C=O) groups excluding carboxylic acids is 3. The van der Waals surface area contributed by atoms with Crippen LogP contribution >= 0.6 is 0 Å². The van der Waals surface area contributed by atoms with Gasteiger partial charge in [0.2, 0.25) is 0 Å². The number of ether oxygens (including phenoxy) is 3. The number of hydrogen-bond donors (Lipinski definition) is 0. The maximum absolute atomic E-state index is 12.8. The van der Waals surface area contributed by atoms with Gasteiger partial charge in [0.25, 0.3) is 0 Å². The SMILES string of the molecule is CC\C=C/C=C\C=C/CCCCCCCCCC(=O)OC(COC(=O)CCCCCC/C=C\CCCC)COC(=O)CCCCCCC\C=C/C=C\C=C/C=C\CCCCC. The normalized spacial score (nSPS) is 12.9. The molecular weight excluding hydrogens is 757 g/mol. The van der Waals surface area contributed by atoms with E-state index < -0.39 is 6.10 Å². The van der Waals surface area contributed by atoms with E-state index in [4.69, 9.17) is 14.2 Å². The summed E-state index contributed by atoms with van der Waals surface area (Å²) in [6.45, 7) is 6.37. The fourth-order valence-corrected chi connectivity index (χ4v) is 6.43. The quantitative estimate of drug-likeness (QED) is 0.0200. The van der Waals surface area contributed by atoms with Crippen LogP contribution in [0, 0.1) is 0 Å². The summed E-state index contributed by atoms with van der Waals surface area (Å²) in [7, 11) is 0. The van der Waals surface area contributed by atoms with Crippen LogP contribution in [-0.2, 0) is 28.6 Å². The fourth-order valence-electron chi connectivity index (χ4n) is 6.43. The summed E-state index contributed by atoms with van der Waals surface area (Å²) in [6, 6.07) is 0. The van der Waals surface area contributed by atoms with Crippen molar-refractivity contribution >= 4 is 17.9 Å². The van der Waals surface area contributed by atoms with E-state index >= 15 is 0 Å². The molecular formula is C55H90O6. The van der Waals surface area contributed by atoms with Crippen LogP contribution < -0.4 is 0 Å². The van der Waals surface area contributed by atoms with Gasteiger partial charge in [-0.3, -0.25) is 14.4 Å². The minimum atomic E-state index is -0.798. The van der Waals surface area contributed by atoms with E-state index in [2.05, 4.69) is 118 Å². The summed E-state index contributed by atoms with van der Waals surface area (Å²) in [5, 5.41) is 0. The van der Waals surface area contributed by atoms with Gasteiger partial charge < -0.3 is 14.2 Å². The van der Waals surface area contributed by atoms with Crippen LogP contribution in [0.2, 0.25) is 0 Å². The zero-order valence-electron chi connectivity index (χ0n) is 39.4. The Kier molecular flexibility index (Phi) is 46.0. The van der Waals surface area contributed by atoms with Crippen molar-refractivity contribution < 1.29 is 28.6 Å². The van der Waals surface area contributed by atoms with Crippen LogP contribution in [0.5, 0.6) is 0 Å². The Balaban J connectivity index is 4.45. The van der Waals surface area contributed by atoms with Crippen molar-refractivity contribution in [3.05, 3.63) is 97.2 Å². The Bertz CT molecular complexity index is 1250. The standard InChI is InChI=1S/C55H90O6/c1-4-7-10-13-16-19-22-24-26-27-28-30-31-33-36-39-42-45-48-54(57)60-51-52(50-59-53(56)47-44-41-38-35-21-18-15-12-9-6-3)61-55(58)49-46-43-40-37-34-32-29-25-23-20-17-14-11-8-5-2/h8,11,14-20,22-24,26-28,30,52H,4-7,9-10,12-13,21,25,29,31-51H2,1-3H3/b11-8-,17-14-,18-15-,19-16-,23-20-,24-22-,27-26-,30-28-. The topological polar surface area (TPSA) is 78.9 Å². The lowest BCUT2D eigenvalue weighted by Crippen LogP contribution is -2.30. The Morgan fingerprint density at radius 1 is 0.344 bits per heavy atom. The predicted molar refractivity (Wildman–Crippen MR) is 260 cm³/mol. The average Bonchev–Trinajstić information content (AvgIpc) is 3.26. The van der Waals surface area contributed by atoms with Crippen molar-refractivity contribution in [2.24, 2.45) is 0 Å². The lowest BCUT2D eigenvalue weighted by molar-refractivity contribution is -0.167. The molecule has 0 aliphatic rings. The van der Waals surface area contributed by atoms with Crippen molar-refractivity contribution in [1.82, 2.24) is 0 Å². The van der Waals surface area contributed by atoms with Crippen LogP contribution in [0.3, 0.4) is 0 Å². The third kappa shape index (κ3) is 47.2. The number of rotatable bonds is 43. The molecule has 0 rings (SSSR count). The van der Waals surface area contributed by atoms with Gasteiger partial charge in [-0.2, -0.15) is 0 Å². The first-order valence-corrected chi connectivity index (χ1v) is 24.8. The number of carbonyl (C=O) groups is 3. The molecule has 0 aliphatic carbocycles. The van der Waals surface area contributed by atoms with Gasteiger partial charge in [0, 0.05) is 19.3 Å². The van der Waals surface area contributed by atoms with Gasteiger partial charge in [-0.15, -0.1) is 0 Å². The molecule has 0 bridgehead atoms. The molecule has 0 spiro atoms. The second-order valence-corrected chi connectivity index (χ2v) is 16.1. The fraction of sp³-hybridized carbons (Fsp3) is 0.655. The number of allylic oxidation sites excluding steroid dienone is 16. The minimum Gasteiger partial charge on any atom is -0.462 e. The van der Waals surface area contributed by atoms with E-state index in [9.17, 15) is 14.4 Å². The van der Waals surface area contributed by atoms with Crippen LogP contribution in [0.25, 0.3) is 0 Å². The monoisotopic (exact) mass is 847 g/mol. The van der Waals surface area contributed by atoms with E-state index in [1.165, 1.54) is 51.4 Å². The third-order valence-electron chi connectivity index (χ3n) is 10.2. The summed E-state index contributed by atoms with van der Waals surface area (Å²) >= 11 is 0. The second-order valence-electron chi connectivity index (χ2n) is 16.1. The third-order valence-corrected chi connectivity index (χ3v) is 10.2. The van der Waals surface area contributed by atoms with Crippen LogP contribution in [-0.4, -0.2) is 37.2 Å². The Morgan fingerprint density at radius 2 is 0.672 bits per heavy atom. The summed E-state index contributed by atoms with van der Waals surface area (Å²) in [5.41, 5.74) is 0. The maximum atomic E-state index is 12.8. The van der Waals surface area contributed by atoms with Gasteiger partial charge in [0.1, 0.15) is 13.2 Å². The molecule has 6 nitrogen and oxygen atoms in total. The van der Waals surface area contributed by atoms with E-state index in [1.54, 1.807) is 0 Å². The highest BCUT2D eigenvalue weighted by Crippen LogP contribution is 2.13. The lowest BCUT2D eigenvalue weighted by atomic mass is 10.1. The van der Waals surface area contributed by atoms with Crippen LogP contribution in [0.1, 0.15) is 213 Å². The first-order chi connectivity index (χ1) is 30.0. The molecule has 1 atom stereocenters. The van der Waals surface area contributed by atoms with E-state index in [1.807, 2.05) is 0 Å². The number of esters is 3. The van der Waals surface area contributed by atoms with Gasteiger partial charge >= 0.3 is 17.9 Å². The first kappa shape index (κ1) is 57.3. The minimum absolute atomic E-state index is 0.0980. The second kappa shape index (κ2) is 49.0. The molecule has 0 heterocycles. The molecule has 0 saturated heterocycles. The largest absolute Gasteiger partial charge is 0.462 e. The summed E-state index contributed by atoms with van der Waals surface area (Å²) in [4.78, 5) is 37.9. The first-order valence-electron chi connectivity index (χ1n) is 24.8. The summed E-state index contributed by atoms with van der Waals surface area (Å²) in [6.07, 6.45) is 63.8. The molecule has 0 aromatic rings.